The van der Waals surface area contributed by atoms with Crippen LogP contribution >= 0.6 is 0 Å². The molecule has 2 amide bonds. The zero-order chi connectivity index (χ0) is 18.8. The largest absolute Gasteiger partial charge is 0.322 e. The number of nitrogens with zero attached hydrogens (tertiary/aromatic N) is 3. The van der Waals surface area contributed by atoms with E-state index in [1.54, 1.807) is 17.2 Å². The SMILES string of the molecule is Cc1ccnn1-c1cccc(NC(=O)N(Cc2cccc(F)c2)C2CC2)c1. The number of carbonyl (C=O) groups excluding carboxylic acids is 1. The highest BCUT2D eigenvalue weighted by Gasteiger charge is 2.32. The number of amides is 2. The van der Waals surface area contributed by atoms with Crippen molar-refractivity contribution in [3.63, 3.8) is 0 Å². The van der Waals surface area contributed by atoms with Gasteiger partial charge in [0.15, 0.2) is 0 Å². The molecule has 0 aliphatic heterocycles. The number of carbonyl (C=O) groups is 1. The quantitative estimate of drug-likeness (QED) is 0.724. The number of halogens is 1. The van der Waals surface area contributed by atoms with Gasteiger partial charge < -0.3 is 10.2 Å². The Morgan fingerprint density at radius 3 is 2.74 bits per heavy atom. The monoisotopic (exact) mass is 364 g/mol. The van der Waals surface area contributed by atoms with Gasteiger partial charge in [-0.25, -0.2) is 13.9 Å². The van der Waals surface area contributed by atoms with Crippen molar-refractivity contribution in [2.45, 2.75) is 32.4 Å². The lowest BCUT2D eigenvalue weighted by Gasteiger charge is -2.23. The summed E-state index contributed by atoms with van der Waals surface area (Å²) in [5.41, 5.74) is 3.40. The molecule has 1 fully saturated rings. The third-order valence-electron chi connectivity index (χ3n) is 4.66. The maximum absolute atomic E-state index is 13.5. The molecule has 4 rings (SSSR count). The highest BCUT2D eigenvalue weighted by atomic mass is 19.1. The van der Waals surface area contributed by atoms with Gasteiger partial charge in [-0.1, -0.05) is 18.2 Å². The minimum absolute atomic E-state index is 0.170. The summed E-state index contributed by atoms with van der Waals surface area (Å²) >= 11 is 0. The fourth-order valence-corrected chi connectivity index (χ4v) is 3.14. The zero-order valence-corrected chi connectivity index (χ0v) is 15.1. The third-order valence-corrected chi connectivity index (χ3v) is 4.66. The van der Waals surface area contributed by atoms with Crippen molar-refractivity contribution in [1.82, 2.24) is 14.7 Å². The van der Waals surface area contributed by atoms with Crippen molar-refractivity contribution in [1.29, 1.82) is 0 Å². The van der Waals surface area contributed by atoms with E-state index in [0.29, 0.717) is 12.2 Å². The molecule has 0 atom stereocenters. The average molecular weight is 364 g/mol. The summed E-state index contributed by atoms with van der Waals surface area (Å²) in [5.74, 6) is -0.286. The summed E-state index contributed by atoms with van der Waals surface area (Å²) in [6.07, 6.45) is 3.71. The number of urea groups is 1. The van der Waals surface area contributed by atoms with Crippen molar-refractivity contribution in [2.75, 3.05) is 5.32 Å². The molecule has 0 radical (unpaired) electrons. The van der Waals surface area contributed by atoms with Gasteiger partial charge in [-0.2, -0.15) is 5.10 Å². The molecule has 1 N–H and O–H groups in total. The smallest absolute Gasteiger partial charge is 0.317 e. The molecular weight excluding hydrogens is 343 g/mol. The number of aromatic nitrogens is 2. The predicted octanol–water partition coefficient (Wildman–Crippen LogP) is 4.52. The molecule has 0 bridgehead atoms. The van der Waals surface area contributed by atoms with Crippen LogP contribution < -0.4 is 5.32 Å². The summed E-state index contributed by atoms with van der Waals surface area (Å²) in [7, 11) is 0. The fourth-order valence-electron chi connectivity index (χ4n) is 3.14. The Bertz CT molecular complexity index is 964. The molecule has 0 unspecified atom stereocenters. The Labute approximate surface area is 157 Å². The van der Waals surface area contributed by atoms with Crippen molar-refractivity contribution in [3.05, 3.63) is 77.9 Å². The zero-order valence-electron chi connectivity index (χ0n) is 15.1. The van der Waals surface area contributed by atoms with E-state index in [4.69, 9.17) is 0 Å². The molecule has 0 saturated heterocycles. The maximum Gasteiger partial charge on any atom is 0.322 e. The second-order valence-corrected chi connectivity index (χ2v) is 6.85. The van der Waals surface area contributed by atoms with Gasteiger partial charge in [0.2, 0.25) is 0 Å². The molecule has 1 heterocycles. The third kappa shape index (κ3) is 4.00. The van der Waals surface area contributed by atoms with Crippen molar-refractivity contribution >= 4 is 11.7 Å². The number of benzene rings is 2. The molecule has 1 saturated carbocycles. The lowest BCUT2D eigenvalue weighted by atomic mass is 10.2. The van der Waals surface area contributed by atoms with Gasteiger partial charge in [0.25, 0.3) is 0 Å². The lowest BCUT2D eigenvalue weighted by Crippen LogP contribution is -2.36. The number of nitrogens with one attached hydrogen (secondary N) is 1. The van der Waals surface area contributed by atoms with Gasteiger partial charge in [-0.05, 0) is 61.7 Å². The van der Waals surface area contributed by atoms with E-state index in [9.17, 15) is 9.18 Å². The summed E-state index contributed by atoms with van der Waals surface area (Å²) in [6.45, 7) is 2.37. The fraction of sp³-hybridized carbons (Fsp3) is 0.238. The predicted molar refractivity (Wildman–Crippen MR) is 102 cm³/mol. The van der Waals surface area contributed by atoms with Gasteiger partial charge in [0.05, 0.1) is 5.69 Å². The molecule has 0 spiro atoms. The van der Waals surface area contributed by atoms with Crippen molar-refractivity contribution in [2.24, 2.45) is 0 Å². The van der Waals surface area contributed by atoms with Gasteiger partial charge in [-0.15, -0.1) is 0 Å². The van der Waals surface area contributed by atoms with Crippen LogP contribution in [0.3, 0.4) is 0 Å². The van der Waals surface area contributed by atoms with Crippen LogP contribution in [0.5, 0.6) is 0 Å². The topological polar surface area (TPSA) is 50.2 Å². The normalized spacial score (nSPS) is 13.4. The van der Waals surface area contributed by atoms with Crippen LogP contribution in [-0.2, 0) is 6.54 Å². The number of anilines is 1. The van der Waals surface area contributed by atoms with Crippen LogP contribution in [0.2, 0.25) is 0 Å². The Morgan fingerprint density at radius 2 is 2.04 bits per heavy atom. The Balaban J connectivity index is 1.51. The summed E-state index contributed by atoms with van der Waals surface area (Å²) in [5, 5.41) is 7.27. The first-order chi connectivity index (χ1) is 13.1. The van der Waals surface area contributed by atoms with E-state index in [2.05, 4.69) is 10.4 Å². The average Bonchev–Trinajstić information content (AvgIpc) is 3.40. The second-order valence-electron chi connectivity index (χ2n) is 6.85. The summed E-state index contributed by atoms with van der Waals surface area (Å²) in [6, 6.07) is 16.0. The number of aryl methyl sites for hydroxylation is 1. The van der Waals surface area contributed by atoms with E-state index in [0.717, 1.165) is 29.8 Å². The van der Waals surface area contributed by atoms with E-state index < -0.39 is 0 Å². The summed E-state index contributed by atoms with van der Waals surface area (Å²) < 4.78 is 15.3. The van der Waals surface area contributed by atoms with Crippen molar-refractivity contribution in [3.8, 4) is 5.69 Å². The molecular formula is C21H21FN4O. The Hall–Kier alpha value is -3.15. The van der Waals surface area contributed by atoms with E-state index >= 15 is 0 Å². The van der Waals surface area contributed by atoms with Gasteiger partial charge in [0.1, 0.15) is 5.82 Å². The van der Waals surface area contributed by atoms with Crippen LogP contribution in [0.1, 0.15) is 24.1 Å². The first-order valence-corrected chi connectivity index (χ1v) is 9.03. The van der Waals surface area contributed by atoms with Gasteiger partial charge in [0, 0.05) is 30.2 Å². The van der Waals surface area contributed by atoms with Crippen LogP contribution in [-0.4, -0.2) is 26.8 Å². The van der Waals surface area contributed by atoms with Crippen LogP contribution in [0.25, 0.3) is 5.69 Å². The minimum Gasteiger partial charge on any atom is -0.317 e. The van der Waals surface area contributed by atoms with Crippen molar-refractivity contribution < 1.29 is 9.18 Å². The summed E-state index contributed by atoms with van der Waals surface area (Å²) in [4.78, 5) is 14.6. The number of rotatable bonds is 5. The first kappa shape index (κ1) is 17.3. The molecule has 1 aliphatic rings. The Kier molecular flexibility index (Phi) is 4.62. The molecule has 3 aromatic rings. The molecule has 2 aromatic carbocycles. The van der Waals surface area contributed by atoms with Crippen LogP contribution in [0.4, 0.5) is 14.9 Å². The highest BCUT2D eigenvalue weighted by Crippen LogP contribution is 2.29. The number of hydrogen-bond donors (Lipinski definition) is 1. The van der Waals surface area contributed by atoms with E-state index in [1.807, 2.05) is 48.0 Å². The molecule has 5 nitrogen and oxygen atoms in total. The highest BCUT2D eigenvalue weighted by molar-refractivity contribution is 5.90. The number of hydrogen-bond acceptors (Lipinski definition) is 2. The minimum atomic E-state index is -0.286. The standard InChI is InChI=1S/C21H21FN4O/c1-15-10-11-23-26(15)20-7-3-6-18(13-20)24-21(27)25(19-8-9-19)14-16-4-2-5-17(22)12-16/h2-7,10-13,19H,8-9,14H2,1H3,(H,24,27). The van der Waals surface area contributed by atoms with E-state index in [1.165, 1.54) is 12.1 Å². The Morgan fingerprint density at radius 1 is 1.22 bits per heavy atom. The second kappa shape index (κ2) is 7.23. The molecule has 138 valence electrons. The molecule has 1 aromatic heterocycles. The lowest BCUT2D eigenvalue weighted by molar-refractivity contribution is 0.206. The molecule has 1 aliphatic carbocycles. The van der Waals surface area contributed by atoms with Gasteiger partial charge >= 0.3 is 6.03 Å². The first-order valence-electron chi connectivity index (χ1n) is 9.03. The van der Waals surface area contributed by atoms with Crippen LogP contribution in [0.15, 0.2) is 60.8 Å². The molecule has 27 heavy (non-hydrogen) atoms. The van der Waals surface area contributed by atoms with Crippen LogP contribution in [0, 0.1) is 12.7 Å². The van der Waals surface area contributed by atoms with E-state index in [-0.39, 0.29) is 17.9 Å². The van der Waals surface area contributed by atoms with Gasteiger partial charge in [-0.3, -0.25) is 0 Å². The maximum atomic E-state index is 13.5. The molecule has 6 heteroatoms.